The molecule has 4 aromatic rings. The second-order valence-electron chi connectivity index (χ2n) is 14.5. The lowest BCUT2D eigenvalue weighted by molar-refractivity contribution is -0.137. The normalized spacial score (nSPS) is 15.3. The predicted molar refractivity (Wildman–Crippen MR) is 232 cm³/mol. The van der Waals surface area contributed by atoms with Crippen LogP contribution in [-0.2, 0) is 35.1 Å². The third kappa shape index (κ3) is 12.0. The zero-order valence-electron chi connectivity index (χ0n) is 34.0. The Balaban J connectivity index is 0.818. The van der Waals surface area contributed by atoms with E-state index in [0.717, 1.165) is 45.7 Å². The average molecular weight is 837 g/mol. The van der Waals surface area contributed by atoms with Gasteiger partial charge in [0.25, 0.3) is 5.91 Å². The third-order valence-corrected chi connectivity index (χ3v) is 10.6. The predicted octanol–water partition coefficient (Wildman–Crippen LogP) is 6.42. The third-order valence-electron chi connectivity index (χ3n) is 10.4. The molecule has 2 aliphatic heterocycles. The standard InChI is InChI=1S/C47H53ClN4O8/c1-51(25-28-60-37-17-15-36(16-18-37)45(35-11-6-3-7-12-35)38(21-23-48)34-9-4-2-5-10-34)44(54)22-26-57-29-31-59-32-30-58-27-24-49-41-14-8-13-39-40(41)33-52(47(39)56)42-19-20-43(53)50-46(42)55/h2-18,42,49H,19-33H2,1H3,(H,50,53,55)/b45-38-. The molecule has 316 valence electrons. The minimum Gasteiger partial charge on any atom is -0.492 e. The lowest BCUT2D eigenvalue weighted by Crippen LogP contribution is -2.52. The summed E-state index contributed by atoms with van der Waals surface area (Å²) in [6.07, 6.45) is 1.53. The molecule has 1 saturated heterocycles. The van der Waals surface area contributed by atoms with E-state index >= 15 is 0 Å². The maximum atomic E-state index is 13.0. The van der Waals surface area contributed by atoms with Crippen molar-refractivity contribution in [2.45, 2.75) is 38.3 Å². The molecule has 0 spiro atoms. The lowest BCUT2D eigenvalue weighted by atomic mass is 9.88. The van der Waals surface area contributed by atoms with E-state index in [-0.39, 0.29) is 30.6 Å². The number of imide groups is 1. The molecule has 0 aliphatic carbocycles. The highest BCUT2D eigenvalue weighted by Crippen LogP contribution is 2.36. The molecule has 2 heterocycles. The first-order valence-corrected chi connectivity index (χ1v) is 21.0. The molecule has 12 nitrogen and oxygen atoms in total. The van der Waals surface area contributed by atoms with Gasteiger partial charge in [-0.15, -0.1) is 11.6 Å². The number of carbonyl (C=O) groups excluding carboxylic acids is 4. The van der Waals surface area contributed by atoms with Crippen LogP contribution in [-0.4, -0.2) is 112 Å². The molecule has 60 heavy (non-hydrogen) atoms. The molecule has 4 aromatic carbocycles. The summed E-state index contributed by atoms with van der Waals surface area (Å²) in [5.74, 6) is 0.269. The summed E-state index contributed by atoms with van der Waals surface area (Å²) in [5.41, 5.74) is 7.87. The second kappa shape index (κ2) is 22.7. The topological polar surface area (TPSA) is 136 Å². The number of likely N-dealkylation sites (N-methyl/N-ethyl adjacent to an activating group) is 1. The summed E-state index contributed by atoms with van der Waals surface area (Å²) in [4.78, 5) is 52.8. The summed E-state index contributed by atoms with van der Waals surface area (Å²) in [6.45, 7) is 3.91. The lowest BCUT2D eigenvalue weighted by Gasteiger charge is -2.29. The largest absolute Gasteiger partial charge is 0.492 e. The Labute approximate surface area is 356 Å². The maximum absolute atomic E-state index is 13.0. The van der Waals surface area contributed by atoms with Crippen molar-refractivity contribution in [3.63, 3.8) is 0 Å². The fraction of sp³-hybridized carbons (Fsp3) is 0.362. The van der Waals surface area contributed by atoms with Crippen LogP contribution in [0.2, 0.25) is 0 Å². The first-order valence-electron chi connectivity index (χ1n) is 20.4. The number of piperidine rings is 1. The van der Waals surface area contributed by atoms with Gasteiger partial charge in [0, 0.05) is 49.3 Å². The zero-order chi connectivity index (χ0) is 42.1. The smallest absolute Gasteiger partial charge is 0.255 e. The monoisotopic (exact) mass is 836 g/mol. The minimum absolute atomic E-state index is 0.0269. The van der Waals surface area contributed by atoms with Crippen molar-refractivity contribution >= 4 is 52.1 Å². The van der Waals surface area contributed by atoms with Crippen LogP contribution in [0.5, 0.6) is 5.75 Å². The molecule has 1 unspecified atom stereocenters. The van der Waals surface area contributed by atoms with E-state index in [1.54, 1.807) is 18.0 Å². The van der Waals surface area contributed by atoms with Gasteiger partial charge in [0.15, 0.2) is 0 Å². The van der Waals surface area contributed by atoms with Gasteiger partial charge < -0.3 is 34.1 Å². The summed E-state index contributed by atoms with van der Waals surface area (Å²) < 4.78 is 22.9. The van der Waals surface area contributed by atoms with E-state index in [4.69, 9.17) is 30.5 Å². The quantitative estimate of drug-likeness (QED) is 0.0376. The van der Waals surface area contributed by atoms with Crippen LogP contribution in [0.4, 0.5) is 5.69 Å². The van der Waals surface area contributed by atoms with Crippen LogP contribution in [0, 0.1) is 0 Å². The van der Waals surface area contributed by atoms with Crippen molar-refractivity contribution < 1.29 is 38.1 Å². The molecule has 1 fully saturated rings. The Morgan fingerprint density at radius 3 is 2.10 bits per heavy atom. The number of alkyl halides is 1. The first-order chi connectivity index (χ1) is 29.3. The van der Waals surface area contributed by atoms with Gasteiger partial charge in [-0.05, 0) is 64.9 Å². The van der Waals surface area contributed by atoms with E-state index in [2.05, 4.69) is 47.0 Å². The van der Waals surface area contributed by atoms with E-state index < -0.39 is 11.9 Å². The number of fused-ring (bicyclic) bond motifs is 1. The Kier molecular flexibility index (Phi) is 16.7. The molecule has 2 N–H and O–H groups in total. The van der Waals surface area contributed by atoms with Crippen molar-refractivity contribution in [3.05, 3.63) is 131 Å². The van der Waals surface area contributed by atoms with Crippen molar-refractivity contribution in [2.24, 2.45) is 0 Å². The highest BCUT2D eigenvalue weighted by molar-refractivity contribution is 6.18. The maximum Gasteiger partial charge on any atom is 0.255 e. The summed E-state index contributed by atoms with van der Waals surface area (Å²) in [5, 5.41) is 5.66. The number of hydrogen-bond donors (Lipinski definition) is 2. The van der Waals surface area contributed by atoms with Crippen molar-refractivity contribution in [3.8, 4) is 5.75 Å². The van der Waals surface area contributed by atoms with E-state index in [0.29, 0.717) is 83.7 Å². The number of nitrogens with zero attached hydrogens (tertiary/aromatic N) is 2. The summed E-state index contributed by atoms with van der Waals surface area (Å²) >= 11 is 6.30. The first kappa shape index (κ1) is 44.0. The number of anilines is 1. The molecule has 13 heteroatoms. The van der Waals surface area contributed by atoms with Gasteiger partial charge in [0.2, 0.25) is 17.7 Å². The van der Waals surface area contributed by atoms with Gasteiger partial charge in [0.1, 0.15) is 18.4 Å². The molecule has 4 amide bonds. The van der Waals surface area contributed by atoms with Gasteiger partial charge in [-0.25, -0.2) is 0 Å². The van der Waals surface area contributed by atoms with Gasteiger partial charge in [-0.3, -0.25) is 24.5 Å². The average Bonchev–Trinajstić information content (AvgIpc) is 3.60. The van der Waals surface area contributed by atoms with Crippen molar-refractivity contribution in [1.29, 1.82) is 0 Å². The van der Waals surface area contributed by atoms with Gasteiger partial charge in [0.05, 0.1) is 52.6 Å². The number of nitrogens with one attached hydrogen (secondary N) is 2. The van der Waals surface area contributed by atoms with E-state index in [1.807, 2.05) is 60.7 Å². The minimum atomic E-state index is -0.651. The molecule has 0 bridgehead atoms. The fourth-order valence-corrected chi connectivity index (χ4v) is 7.50. The van der Waals surface area contributed by atoms with Crippen LogP contribution in [0.1, 0.15) is 58.3 Å². The number of carbonyl (C=O) groups is 4. The van der Waals surface area contributed by atoms with Gasteiger partial charge in [-0.1, -0.05) is 78.9 Å². The fourth-order valence-electron chi connectivity index (χ4n) is 7.31. The molecule has 6 rings (SSSR count). The van der Waals surface area contributed by atoms with Crippen LogP contribution in [0.15, 0.2) is 103 Å². The number of allylic oxidation sites excluding steroid dienone is 1. The number of hydrogen-bond acceptors (Lipinski definition) is 9. The van der Waals surface area contributed by atoms with Crippen LogP contribution in [0.25, 0.3) is 11.1 Å². The molecule has 1 atom stereocenters. The zero-order valence-corrected chi connectivity index (χ0v) is 34.8. The van der Waals surface area contributed by atoms with Gasteiger partial charge in [-0.2, -0.15) is 0 Å². The van der Waals surface area contributed by atoms with Gasteiger partial charge >= 0.3 is 0 Å². The Morgan fingerprint density at radius 1 is 0.767 bits per heavy atom. The Hall–Kier alpha value is -5.53. The van der Waals surface area contributed by atoms with Crippen molar-refractivity contribution in [1.82, 2.24) is 15.1 Å². The van der Waals surface area contributed by atoms with E-state index in [9.17, 15) is 19.2 Å². The number of ether oxygens (including phenoxy) is 4. The number of rotatable bonds is 23. The molecular weight excluding hydrogens is 784 g/mol. The van der Waals surface area contributed by atoms with Crippen LogP contribution >= 0.6 is 11.6 Å². The highest BCUT2D eigenvalue weighted by Gasteiger charge is 2.39. The second-order valence-corrected chi connectivity index (χ2v) is 14.8. The molecule has 0 radical (unpaired) electrons. The Morgan fingerprint density at radius 2 is 1.42 bits per heavy atom. The highest BCUT2D eigenvalue weighted by atomic mass is 35.5. The van der Waals surface area contributed by atoms with Crippen LogP contribution in [0.3, 0.4) is 0 Å². The molecule has 0 saturated carbocycles. The SMILES string of the molecule is CN(CCOc1ccc(/C(=C(/CCCl)c2ccccc2)c2ccccc2)cc1)C(=O)CCOCCOCCOCCNc1cccc2c1CN(C1CCC(=O)NC1=O)C2=O. The van der Waals surface area contributed by atoms with E-state index in [1.165, 1.54) is 10.5 Å². The van der Waals surface area contributed by atoms with Crippen molar-refractivity contribution in [2.75, 3.05) is 77.6 Å². The molecule has 0 aromatic heterocycles. The number of halogens is 1. The number of benzene rings is 4. The Bertz CT molecular complexity index is 2080. The summed E-state index contributed by atoms with van der Waals surface area (Å²) in [7, 11) is 1.76. The molecular formula is C47H53ClN4O8. The summed E-state index contributed by atoms with van der Waals surface area (Å²) in [6, 6.07) is 33.6. The number of amides is 4. The van der Waals surface area contributed by atoms with Crippen LogP contribution < -0.4 is 15.4 Å². The molecule has 2 aliphatic rings.